The number of guanidine groups is 1. The second-order valence-corrected chi connectivity index (χ2v) is 3.52. The minimum absolute atomic E-state index is 0.277. The Labute approximate surface area is 78.2 Å². The zero-order valence-electron chi connectivity index (χ0n) is 7.74. The van der Waals surface area contributed by atoms with Gasteiger partial charge in [-0.05, 0) is 31.6 Å². The van der Waals surface area contributed by atoms with Gasteiger partial charge in [0.25, 0.3) is 0 Å². The van der Waals surface area contributed by atoms with Crippen LogP contribution in [0.2, 0.25) is 0 Å². The van der Waals surface area contributed by atoms with E-state index in [0.29, 0.717) is 18.5 Å². The number of nitrogens with one attached hydrogen (secondary N) is 1. The molecule has 5 heteroatoms. The van der Waals surface area contributed by atoms with Crippen LogP contribution in [-0.2, 0) is 0 Å². The van der Waals surface area contributed by atoms with Gasteiger partial charge in [0.05, 0.1) is 6.04 Å². The van der Waals surface area contributed by atoms with Crippen molar-refractivity contribution in [1.29, 1.82) is 0 Å². The molecule has 1 fully saturated rings. The number of hydrazine groups is 1. The van der Waals surface area contributed by atoms with Crippen LogP contribution in [0.15, 0.2) is 4.99 Å². The molecule has 0 aromatic carbocycles. The summed E-state index contributed by atoms with van der Waals surface area (Å²) in [4.78, 5) is 4.20. The van der Waals surface area contributed by atoms with Crippen LogP contribution in [0.25, 0.3) is 0 Å². The van der Waals surface area contributed by atoms with Crippen LogP contribution in [0.3, 0.4) is 0 Å². The molecule has 0 spiro atoms. The fourth-order valence-electron chi connectivity index (χ4n) is 1.69. The van der Waals surface area contributed by atoms with Gasteiger partial charge in [-0.3, -0.25) is 5.43 Å². The molecule has 0 aliphatic heterocycles. The Hall–Kier alpha value is -0.810. The second kappa shape index (κ2) is 5.04. The van der Waals surface area contributed by atoms with Gasteiger partial charge >= 0.3 is 0 Å². The number of nitrogens with two attached hydrogens (primary N) is 2. The van der Waals surface area contributed by atoms with Gasteiger partial charge in [-0.1, -0.05) is 0 Å². The summed E-state index contributed by atoms with van der Waals surface area (Å²) >= 11 is 0. The first-order valence-electron chi connectivity index (χ1n) is 4.67. The summed E-state index contributed by atoms with van der Waals surface area (Å²) in [6, 6.07) is 0.277. The molecule has 6 N–H and O–H groups in total. The number of aliphatic imine (C=N–C) groups is 1. The highest BCUT2D eigenvalue weighted by molar-refractivity contribution is 5.77. The summed E-state index contributed by atoms with van der Waals surface area (Å²) in [5.41, 5.74) is 7.75. The first-order chi connectivity index (χ1) is 6.26. The lowest BCUT2D eigenvalue weighted by Crippen LogP contribution is -2.38. The molecular weight excluding hydrogens is 168 g/mol. The molecule has 76 valence electrons. The summed E-state index contributed by atoms with van der Waals surface area (Å²) in [5, 5.41) is 8.91. The maximum Gasteiger partial charge on any atom is 0.203 e. The Bertz CT molecular complexity index is 175. The van der Waals surface area contributed by atoms with Crippen LogP contribution in [0.1, 0.15) is 25.7 Å². The zero-order chi connectivity index (χ0) is 9.68. The second-order valence-electron chi connectivity index (χ2n) is 3.52. The fourth-order valence-corrected chi connectivity index (χ4v) is 1.69. The van der Waals surface area contributed by atoms with E-state index in [4.69, 9.17) is 16.7 Å². The highest BCUT2D eigenvalue weighted by atomic mass is 16.3. The molecule has 0 unspecified atom stereocenters. The summed E-state index contributed by atoms with van der Waals surface area (Å²) in [6.45, 7) is 0.293. The third kappa shape index (κ3) is 3.20. The molecule has 0 aromatic heterocycles. The molecule has 1 saturated carbocycles. The smallest absolute Gasteiger partial charge is 0.203 e. The molecule has 0 saturated heterocycles. The molecule has 5 nitrogen and oxygen atoms in total. The number of rotatable bonds is 2. The molecule has 0 amide bonds. The highest BCUT2D eigenvalue weighted by Crippen LogP contribution is 2.25. The molecule has 1 rings (SSSR count). The van der Waals surface area contributed by atoms with Crippen LogP contribution in [0.5, 0.6) is 0 Å². The van der Waals surface area contributed by atoms with Gasteiger partial charge in [0.2, 0.25) is 5.96 Å². The molecule has 1 aliphatic carbocycles. The third-order valence-electron chi connectivity index (χ3n) is 2.54. The first kappa shape index (κ1) is 10.3. The predicted octanol–water partition coefficient (Wildman–Crippen LogP) is -0.685. The molecule has 0 atom stereocenters. The van der Waals surface area contributed by atoms with E-state index in [1.54, 1.807) is 0 Å². The first-order valence-corrected chi connectivity index (χ1v) is 4.67. The van der Waals surface area contributed by atoms with Crippen LogP contribution in [0, 0.1) is 5.92 Å². The number of hydrogen-bond donors (Lipinski definition) is 4. The summed E-state index contributed by atoms with van der Waals surface area (Å²) < 4.78 is 0. The van der Waals surface area contributed by atoms with Gasteiger partial charge in [-0.25, -0.2) is 10.8 Å². The average molecular weight is 186 g/mol. The number of nitrogens with zero attached hydrogens (tertiary/aromatic N) is 1. The Morgan fingerprint density at radius 1 is 1.38 bits per heavy atom. The summed E-state index contributed by atoms with van der Waals surface area (Å²) in [5.74, 6) is 5.85. The maximum absolute atomic E-state index is 8.91. The number of aliphatic hydroxyl groups is 1. The Balaban J connectivity index is 2.32. The standard InChI is InChI=1S/C8H18N4O/c9-8(12-10)11-7-3-1-6(5-13)2-4-7/h6-7,13H,1-5,10H2,(H3,9,11,12). The predicted molar refractivity (Wildman–Crippen MR) is 51.8 cm³/mol. The van der Waals surface area contributed by atoms with Crippen LogP contribution in [0.4, 0.5) is 0 Å². The van der Waals surface area contributed by atoms with E-state index in [9.17, 15) is 0 Å². The molecule has 0 aromatic rings. The quantitative estimate of drug-likeness (QED) is 0.199. The van der Waals surface area contributed by atoms with E-state index < -0.39 is 0 Å². The topological polar surface area (TPSA) is 96.7 Å². The van der Waals surface area contributed by atoms with Gasteiger partial charge in [-0.15, -0.1) is 0 Å². The fraction of sp³-hybridized carbons (Fsp3) is 0.875. The van der Waals surface area contributed by atoms with Crippen molar-refractivity contribution < 1.29 is 5.11 Å². The van der Waals surface area contributed by atoms with E-state index in [0.717, 1.165) is 25.7 Å². The van der Waals surface area contributed by atoms with Gasteiger partial charge in [0.15, 0.2) is 0 Å². The molecule has 13 heavy (non-hydrogen) atoms. The van der Waals surface area contributed by atoms with Crippen molar-refractivity contribution in [2.24, 2.45) is 22.5 Å². The van der Waals surface area contributed by atoms with E-state index in [2.05, 4.69) is 10.4 Å². The lowest BCUT2D eigenvalue weighted by molar-refractivity contribution is 0.183. The lowest BCUT2D eigenvalue weighted by Gasteiger charge is -2.24. The molecule has 1 aliphatic rings. The summed E-state index contributed by atoms with van der Waals surface area (Å²) in [7, 11) is 0. The van der Waals surface area contributed by atoms with Crippen molar-refractivity contribution in [3.05, 3.63) is 0 Å². The van der Waals surface area contributed by atoms with E-state index in [-0.39, 0.29) is 6.04 Å². The molecule has 0 bridgehead atoms. The van der Waals surface area contributed by atoms with Crippen LogP contribution < -0.4 is 17.0 Å². The van der Waals surface area contributed by atoms with Crippen molar-refractivity contribution in [2.45, 2.75) is 31.7 Å². The Morgan fingerprint density at radius 3 is 2.46 bits per heavy atom. The highest BCUT2D eigenvalue weighted by Gasteiger charge is 2.19. The van der Waals surface area contributed by atoms with Crippen molar-refractivity contribution in [3.63, 3.8) is 0 Å². The van der Waals surface area contributed by atoms with Crippen molar-refractivity contribution in [3.8, 4) is 0 Å². The van der Waals surface area contributed by atoms with Crippen molar-refractivity contribution in [1.82, 2.24) is 5.43 Å². The Morgan fingerprint density at radius 2 is 2.00 bits per heavy atom. The Kier molecular flexibility index (Phi) is 3.98. The van der Waals surface area contributed by atoms with E-state index in [1.807, 2.05) is 0 Å². The lowest BCUT2D eigenvalue weighted by atomic mass is 9.87. The minimum atomic E-state index is 0.277. The van der Waals surface area contributed by atoms with Crippen LogP contribution in [-0.4, -0.2) is 23.7 Å². The number of aliphatic hydroxyl groups excluding tert-OH is 1. The molecule has 0 heterocycles. The monoisotopic (exact) mass is 186 g/mol. The van der Waals surface area contributed by atoms with E-state index >= 15 is 0 Å². The molecular formula is C8H18N4O. The molecule has 0 radical (unpaired) electrons. The van der Waals surface area contributed by atoms with Gasteiger partial charge in [0.1, 0.15) is 0 Å². The normalized spacial score (nSPS) is 30.2. The van der Waals surface area contributed by atoms with Gasteiger partial charge in [0, 0.05) is 6.61 Å². The SMILES string of the molecule is NNC(N)=NC1CCC(CO)CC1. The maximum atomic E-state index is 8.91. The van der Waals surface area contributed by atoms with Crippen LogP contribution >= 0.6 is 0 Å². The van der Waals surface area contributed by atoms with Gasteiger partial charge in [-0.2, -0.15) is 0 Å². The average Bonchev–Trinajstić information content (AvgIpc) is 2.19. The minimum Gasteiger partial charge on any atom is -0.396 e. The zero-order valence-corrected chi connectivity index (χ0v) is 7.74. The summed E-state index contributed by atoms with van der Waals surface area (Å²) in [6.07, 6.45) is 4.05. The largest absolute Gasteiger partial charge is 0.396 e. The van der Waals surface area contributed by atoms with Gasteiger partial charge < -0.3 is 10.8 Å². The number of hydrogen-bond acceptors (Lipinski definition) is 3. The van der Waals surface area contributed by atoms with Crippen molar-refractivity contribution >= 4 is 5.96 Å². The van der Waals surface area contributed by atoms with E-state index in [1.165, 1.54) is 0 Å². The third-order valence-corrected chi connectivity index (χ3v) is 2.54. The van der Waals surface area contributed by atoms with Crippen molar-refractivity contribution in [2.75, 3.05) is 6.61 Å².